The Morgan fingerprint density at radius 2 is 2.33 bits per heavy atom. The summed E-state index contributed by atoms with van der Waals surface area (Å²) in [6.45, 7) is 2.01. The zero-order valence-electron chi connectivity index (χ0n) is 11.6. The number of nitrogens with one attached hydrogen (secondary N) is 1. The van der Waals surface area contributed by atoms with Crippen LogP contribution in [0.25, 0.3) is 0 Å². The van der Waals surface area contributed by atoms with Crippen LogP contribution in [0.4, 0.5) is 4.39 Å². The van der Waals surface area contributed by atoms with E-state index in [1.54, 1.807) is 24.0 Å². The zero-order chi connectivity index (χ0) is 15.0. The van der Waals surface area contributed by atoms with E-state index in [2.05, 4.69) is 10.2 Å². The fourth-order valence-electron chi connectivity index (χ4n) is 2.79. The first-order valence-electron chi connectivity index (χ1n) is 6.80. The maximum Gasteiger partial charge on any atom is 0.257 e. The first-order valence-corrected chi connectivity index (χ1v) is 6.80. The largest absolute Gasteiger partial charge is 0.391 e. The van der Waals surface area contributed by atoms with Gasteiger partial charge in [-0.1, -0.05) is 12.1 Å². The van der Waals surface area contributed by atoms with Gasteiger partial charge in [0.25, 0.3) is 5.91 Å². The first-order chi connectivity index (χ1) is 10.1. The van der Waals surface area contributed by atoms with Gasteiger partial charge < -0.3 is 10.0 Å². The van der Waals surface area contributed by atoms with E-state index in [0.717, 1.165) is 0 Å². The van der Waals surface area contributed by atoms with Crippen molar-refractivity contribution in [1.82, 2.24) is 15.1 Å². The van der Waals surface area contributed by atoms with Crippen molar-refractivity contribution in [2.75, 3.05) is 6.54 Å². The summed E-state index contributed by atoms with van der Waals surface area (Å²) in [6.07, 6.45) is 1.28. The summed E-state index contributed by atoms with van der Waals surface area (Å²) >= 11 is 0. The summed E-state index contributed by atoms with van der Waals surface area (Å²) in [6, 6.07) is 5.83. The Morgan fingerprint density at radius 1 is 1.52 bits per heavy atom. The number of aliphatic hydroxyl groups is 1. The highest BCUT2D eigenvalue weighted by Gasteiger charge is 2.36. The second-order valence-corrected chi connectivity index (χ2v) is 5.33. The highest BCUT2D eigenvalue weighted by molar-refractivity contribution is 5.95. The number of halogens is 1. The Bertz CT molecular complexity index is 670. The van der Waals surface area contributed by atoms with Gasteiger partial charge in [-0.25, -0.2) is 4.39 Å². The van der Waals surface area contributed by atoms with Crippen LogP contribution >= 0.6 is 0 Å². The monoisotopic (exact) mass is 289 g/mol. The van der Waals surface area contributed by atoms with Gasteiger partial charge in [0.15, 0.2) is 0 Å². The number of amides is 1. The molecule has 0 bridgehead atoms. The van der Waals surface area contributed by atoms with Crippen molar-refractivity contribution in [3.05, 3.63) is 53.1 Å². The maximum absolute atomic E-state index is 13.4. The molecule has 5 nitrogen and oxygen atoms in total. The Labute approximate surface area is 121 Å². The lowest BCUT2D eigenvalue weighted by Crippen LogP contribution is -2.32. The highest BCUT2D eigenvalue weighted by atomic mass is 19.1. The first kappa shape index (κ1) is 13.8. The van der Waals surface area contributed by atoms with Gasteiger partial charge in [-0.15, -0.1) is 0 Å². The molecule has 21 heavy (non-hydrogen) atoms. The number of rotatable bonds is 2. The molecule has 1 aromatic heterocycles. The molecular formula is C15H16FN3O2. The Morgan fingerprint density at radius 3 is 3.00 bits per heavy atom. The second-order valence-electron chi connectivity index (χ2n) is 5.33. The summed E-state index contributed by atoms with van der Waals surface area (Å²) in [7, 11) is 0. The van der Waals surface area contributed by atoms with E-state index in [0.29, 0.717) is 23.2 Å². The fraction of sp³-hybridized carbons (Fsp3) is 0.333. The Balaban J connectivity index is 1.93. The fourth-order valence-corrected chi connectivity index (χ4v) is 2.79. The van der Waals surface area contributed by atoms with Gasteiger partial charge in [-0.3, -0.25) is 9.89 Å². The topological polar surface area (TPSA) is 69.2 Å². The normalized spacial score (nSPS) is 21.8. The van der Waals surface area contributed by atoms with Crippen molar-refractivity contribution < 1.29 is 14.3 Å². The molecule has 1 amide bonds. The van der Waals surface area contributed by atoms with E-state index in [1.807, 2.05) is 0 Å². The number of aliphatic hydroxyl groups excluding tert-OH is 1. The van der Waals surface area contributed by atoms with Crippen LogP contribution in [0.3, 0.4) is 0 Å². The molecule has 0 spiro atoms. The van der Waals surface area contributed by atoms with E-state index in [1.165, 1.54) is 18.3 Å². The summed E-state index contributed by atoms with van der Waals surface area (Å²) in [5, 5.41) is 16.5. The van der Waals surface area contributed by atoms with E-state index >= 15 is 0 Å². The van der Waals surface area contributed by atoms with Crippen LogP contribution in [-0.2, 0) is 0 Å². The minimum Gasteiger partial charge on any atom is -0.391 e. The smallest absolute Gasteiger partial charge is 0.257 e. The number of carbonyl (C=O) groups is 1. The second kappa shape index (κ2) is 5.29. The van der Waals surface area contributed by atoms with Crippen molar-refractivity contribution in [3.63, 3.8) is 0 Å². The molecule has 2 heterocycles. The number of aromatic nitrogens is 2. The van der Waals surface area contributed by atoms with E-state index < -0.39 is 6.10 Å². The zero-order valence-corrected chi connectivity index (χ0v) is 11.6. The van der Waals surface area contributed by atoms with Gasteiger partial charge in [0.05, 0.1) is 23.9 Å². The van der Waals surface area contributed by atoms with Crippen LogP contribution in [0.15, 0.2) is 30.5 Å². The molecule has 2 atom stereocenters. The lowest BCUT2D eigenvalue weighted by atomic mass is 10.0. The molecular weight excluding hydrogens is 273 g/mol. The molecule has 0 unspecified atom stereocenters. The minimum absolute atomic E-state index is 0.202. The number of hydrogen-bond acceptors (Lipinski definition) is 3. The molecule has 1 aromatic carbocycles. The predicted octanol–water partition coefficient (Wildman–Crippen LogP) is 1.81. The number of benzene rings is 1. The molecule has 1 aliphatic rings. The number of hydrogen-bond donors (Lipinski definition) is 2. The van der Waals surface area contributed by atoms with Crippen LogP contribution in [-0.4, -0.2) is 38.8 Å². The number of aryl methyl sites for hydroxylation is 1. The maximum atomic E-state index is 13.4. The number of carbonyl (C=O) groups excluding carboxylic acids is 1. The third-order valence-corrected chi connectivity index (χ3v) is 3.83. The standard InChI is InChI=1S/C15H16FN3O2/c1-9-13(7-17-18-9)15(21)19-8-12(20)6-14(19)10-3-2-4-11(16)5-10/h2-5,7,12,14,20H,6,8H2,1H3,(H,17,18)/t12-,14-/m1/s1. The van der Waals surface area contributed by atoms with Crippen molar-refractivity contribution in [2.24, 2.45) is 0 Å². The third kappa shape index (κ3) is 2.54. The minimum atomic E-state index is -0.602. The van der Waals surface area contributed by atoms with Crippen LogP contribution in [0, 0.1) is 12.7 Å². The molecule has 6 heteroatoms. The van der Waals surface area contributed by atoms with Gasteiger partial charge in [0.2, 0.25) is 0 Å². The van der Waals surface area contributed by atoms with Gasteiger partial charge in [-0.05, 0) is 31.0 Å². The Hall–Kier alpha value is -2.21. The van der Waals surface area contributed by atoms with Crippen molar-refractivity contribution in [3.8, 4) is 0 Å². The number of nitrogens with zero attached hydrogens (tertiary/aromatic N) is 2. The molecule has 2 N–H and O–H groups in total. The Kier molecular flexibility index (Phi) is 3.47. The van der Waals surface area contributed by atoms with Crippen molar-refractivity contribution in [1.29, 1.82) is 0 Å². The van der Waals surface area contributed by atoms with Gasteiger partial charge in [0, 0.05) is 12.2 Å². The number of β-amino-alcohol motifs (C(OH)–C–C–N with tert-alkyl or cyclic N) is 1. The third-order valence-electron chi connectivity index (χ3n) is 3.83. The average Bonchev–Trinajstić information content (AvgIpc) is 3.04. The molecule has 0 radical (unpaired) electrons. The number of H-pyrrole nitrogens is 1. The highest BCUT2D eigenvalue weighted by Crippen LogP contribution is 2.33. The molecule has 3 rings (SSSR count). The summed E-state index contributed by atoms with van der Waals surface area (Å²) < 4.78 is 13.4. The lowest BCUT2D eigenvalue weighted by molar-refractivity contribution is 0.0715. The number of aromatic amines is 1. The van der Waals surface area contributed by atoms with E-state index in [4.69, 9.17) is 0 Å². The quantitative estimate of drug-likeness (QED) is 0.886. The molecule has 1 fully saturated rings. The molecule has 0 saturated carbocycles. The molecule has 1 saturated heterocycles. The van der Waals surface area contributed by atoms with Crippen molar-refractivity contribution >= 4 is 5.91 Å². The summed E-state index contributed by atoms with van der Waals surface area (Å²) in [5.41, 5.74) is 1.85. The molecule has 1 aliphatic heterocycles. The molecule has 110 valence electrons. The van der Waals surface area contributed by atoms with Gasteiger partial charge >= 0.3 is 0 Å². The predicted molar refractivity (Wildman–Crippen MR) is 74.1 cm³/mol. The van der Waals surface area contributed by atoms with E-state index in [-0.39, 0.29) is 24.3 Å². The molecule has 2 aromatic rings. The van der Waals surface area contributed by atoms with Crippen LogP contribution in [0.2, 0.25) is 0 Å². The van der Waals surface area contributed by atoms with Crippen molar-refractivity contribution in [2.45, 2.75) is 25.5 Å². The van der Waals surface area contributed by atoms with Gasteiger partial charge in [-0.2, -0.15) is 5.10 Å². The SMILES string of the molecule is Cc1[nH]ncc1C(=O)N1C[C@H](O)C[C@@H]1c1cccc(F)c1. The summed E-state index contributed by atoms with van der Waals surface area (Å²) in [5.74, 6) is -0.548. The van der Waals surface area contributed by atoms with Crippen LogP contribution in [0.5, 0.6) is 0 Å². The summed E-state index contributed by atoms with van der Waals surface area (Å²) in [4.78, 5) is 14.2. The van der Waals surface area contributed by atoms with E-state index in [9.17, 15) is 14.3 Å². The van der Waals surface area contributed by atoms with Gasteiger partial charge in [0.1, 0.15) is 5.82 Å². The van der Waals surface area contributed by atoms with Crippen LogP contribution in [0.1, 0.15) is 34.1 Å². The number of likely N-dealkylation sites (tertiary alicyclic amines) is 1. The van der Waals surface area contributed by atoms with Crippen LogP contribution < -0.4 is 0 Å². The molecule has 0 aliphatic carbocycles. The lowest BCUT2D eigenvalue weighted by Gasteiger charge is -2.24. The average molecular weight is 289 g/mol.